The summed E-state index contributed by atoms with van der Waals surface area (Å²) in [5.74, 6) is 3.48. The molecular weight excluding hydrogens is 385 g/mol. The van der Waals surface area contributed by atoms with Crippen LogP contribution in [0.15, 0.2) is 48.7 Å². The lowest BCUT2D eigenvalue weighted by atomic mass is 9.87. The maximum Gasteiger partial charge on any atom is 0.226 e. The summed E-state index contributed by atoms with van der Waals surface area (Å²) in [6.07, 6.45) is 7.29. The summed E-state index contributed by atoms with van der Waals surface area (Å²) < 4.78 is 26.2. The summed E-state index contributed by atoms with van der Waals surface area (Å²) in [5, 5.41) is 7.32. The molecule has 0 saturated carbocycles. The smallest absolute Gasteiger partial charge is 0.226 e. The van der Waals surface area contributed by atoms with Gasteiger partial charge in [-0.15, -0.1) is 6.42 Å². The monoisotopic (exact) mass is 405 g/mol. The van der Waals surface area contributed by atoms with E-state index in [1.807, 2.05) is 19.1 Å². The van der Waals surface area contributed by atoms with Gasteiger partial charge in [0.1, 0.15) is 18.2 Å². The van der Waals surface area contributed by atoms with E-state index in [9.17, 15) is 9.18 Å². The lowest BCUT2D eigenvalue weighted by molar-refractivity contribution is -0.116. The summed E-state index contributed by atoms with van der Waals surface area (Å²) in [4.78, 5) is 12.5. The van der Waals surface area contributed by atoms with Crippen molar-refractivity contribution in [3.8, 4) is 29.5 Å². The first-order valence-electron chi connectivity index (χ1n) is 9.57. The van der Waals surface area contributed by atoms with E-state index in [0.717, 1.165) is 11.1 Å². The van der Waals surface area contributed by atoms with Crippen molar-refractivity contribution in [2.75, 3.05) is 18.5 Å². The number of anilines is 1. The standard InChI is InChI=1S/C23H20FN3O3/c1-3-11-30-20-10-5-15(12-21(20)29-4-2)18-13-22(28)26-23-19(18)14-25-27(23)17-8-6-16(24)7-9-17/h1,5-10,12,14,18H,4,11,13H2,2H3,(H,26,28)/t18-/m1/s1. The molecule has 1 aliphatic rings. The second-order valence-electron chi connectivity index (χ2n) is 6.77. The fraction of sp³-hybridized carbons (Fsp3) is 0.217. The Hall–Kier alpha value is -3.79. The first-order chi connectivity index (χ1) is 14.6. The Balaban J connectivity index is 1.73. The van der Waals surface area contributed by atoms with Gasteiger partial charge in [-0.3, -0.25) is 4.79 Å². The molecule has 0 bridgehead atoms. The number of carbonyl (C=O) groups is 1. The molecule has 1 amide bonds. The van der Waals surface area contributed by atoms with Crippen LogP contribution in [0.25, 0.3) is 5.69 Å². The van der Waals surface area contributed by atoms with Crippen LogP contribution in [0.4, 0.5) is 10.2 Å². The van der Waals surface area contributed by atoms with Crippen LogP contribution in [0.5, 0.6) is 11.5 Å². The van der Waals surface area contributed by atoms with E-state index < -0.39 is 0 Å². The number of ether oxygens (including phenoxy) is 2. The Bertz CT molecular complexity index is 1120. The van der Waals surface area contributed by atoms with E-state index in [-0.39, 0.29) is 30.7 Å². The van der Waals surface area contributed by atoms with Crippen molar-refractivity contribution in [3.63, 3.8) is 0 Å². The van der Waals surface area contributed by atoms with Gasteiger partial charge >= 0.3 is 0 Å². The van der Waals surface area contributed by atoms with Crippen LogP contribution in [-0.4, -0.2) is 28.9 Å². The number of aromatic nitrogens is 2. The molecular formula is C23H20FN3O3. The fourth-order valence-corrected chi connectivity index (χ4v) is 3.54. The van der Waals surface area contributed by atoms with E-state index in [4.69, 9.17) is 15.9 Å². The van der Waals surface area contributed by atoms with E-state index >= 15 is 0 Å². The largest absolute Gasteiger partial charge is 0.490 e. The molecule has 2 heterocycles. The molecule has 7 heteroatoms. The molecule has 1 aromatic heterocycles. The van der Waals surface area contributed by atoms with Gasteiger partial charge in [0.15, 0.2) is 11.5 Å². The van der Waals surface area contributed by atoms with E-state index in [0.29, 0.717) is 29.6 Å². The van der Waals surface area contributed by atoms with E-state index in [2.05, 4.69) is 16.3 Å². The third-order valence-corrected chi connectivity index (χ3v) is 4.87. The number of halogens is 1. The zero-order valence-electron chi connectivity index (χ0n) is 16.4. The Labute approximate surface area is 173 Å². The minimum Gasteiger partial charge on any atom is -0.490 e. The highest BCUT2D eigenvalue weighted by Gasteiger charge is 2.31. The zero-order valence-corrected chi connectivity index (χ0v) is 16.4. The Morgan fingerprint density at radius 1 is 1.23 bits per heavy atom. The molecule has 0 spiro atoms. The molecule has 6 nitrogen and oxygen atoms in total. The first-order valence-corrected chi connectivity index (χ1v) is 9.57. The van der Waals surface area contributed by atoms with E-state index in [1.165, 1.54) is 12.1 Å². The predicted molar refractivity (Wildman–Crippen MR) is 111 cm³/mol. The van der Waals surface area contributed by atoms with Crippen molar-refractivity contribution in [1.29, 1.82) is 0 Å². The van der Waals surface area contributed by atoms with Crippen molar-refractivity contribution in [2.45, 2.75) is 19.3 Å². The minimum atomic E-state index is -0.336. The Morgan fingerprint density at radius 3 is 2.77 bits per heavy atom. The van der Waals surface area contributed by atoms with Gasteiger partial charge in [-0.2, -0.15) is 5.10 Å². The number of benzene rings is 2. The van der Waals surface area contributed by atoms with Crippen molar-refractivity contribution in [2.24, 2.45) is 0 Å². The van der Waals surface area contributed by atoms with Crippen molar-refractivity contribution in [1.82, 2.24) is 9.78 Å². The summed E-state index contributed by atoms with van der Waals surface area (Å²) in [6.45, 7) is 2.49. The van der Waals surface area contributed by atoms with Crippen LogP contribution in [0.3, 0.4) is 0 Å². The number of terminal acetylenes is 1. The van der Waals surface area contributed by atoms with Gasteiger partial charge in [-0.25, -0.2) is 9.07 Å². The lowest BCUT2D eigenvalue weighted by Crippen LogP contribution is -2.24. The van der Waals surface area contributed by atoms with Gasteiger partial charge in [0.2, 0.25) is 5.91 Å². The molecule has 152 valence electrons. The molecule has 0 aliphatic carbocycles. The number of nitrogens with zero attached hydrogens (tertiary/aromatic N) is 2. The average molecular weight is 405 g/mol. The van der Waals surface area contributed by atoms with Crippen LogP contribution in [0.1, 0.15) is 30.4 Å². The molecule has 2 aromatic carbocycles. The number of amides is 1. The molecule has 1 aliphatic heterocycles. The maximum atomic E-state index is 13.3. The van der Waals surface area contributed by atoms with Crippen molar-refractivity contribution in [3.05, 3.63) is 65.6 Å². The van der Waals surface area contributed by atoms with Gasteiger partial charge in [-0.1, -0.05) is 12.0 Å². The fourth-order valence-electron chi connectivity index (χ4n) is 3.54. The van der Waals surface area contributed by atoms with Gasteiger partial charge in [-0.05, 0) is 48.9 Å². The van der Waals surface area contributed by atoms with Crippen molar-refractivity contribution < 1.29 is 18.7 Å². The minimum absolute atomic E-state index is 0.123. The molecule has 0 unspecified atom stereocenters. The highest BCUT2D eigenvalue weighted by Crippen LogP contribution is 2.40. The van der Waals surface area contributed by atoms with Gasteiger partial charge in [0, 0.05) is 17.9 Å². The summed E-state index contributed by atoms with van der Waals surface area (Å²) in [7, 11) is 0. The second kappa shape index (κ2) is 8.29. The first kappa shape index (κ1) is 19.5. The average Bonchev–Trinajstić information content (AvgIpc) is 3.16. The Kier molecular flexibility index (Phi) is 5.40. The normalized spacial score (nSPS) is 15.1. The molecule has 4 rings (SSSR count). The predicted octanol–water partition coefficient (Wildman–Crippen LogP) is 3.90. The maximum absolute atomic E-state index is 13.3. The third-order valence-electron chi connectivity index (χ3n) is 4.87. The highest BCUT2D eigenvalue weighted by molar-refractivity contribution is 5.94. The number of rotatable bonds is 6. The van der Waals surface area contributed by atoms with Gasteiger partial charge < -0.3 is 14.8 Å². The zero-order chi connectivity index (χ0) is 21.1. The Morgan fingerprint density at radius 2 is 2.03 bits per heavy atom. The molecule has 0 radical (unpaired) electrons. The van der Waals surface area contributed by atoms with Crippen molar-refractivity contribution >= 4 is 11.7 Å². The highest BCUT2D eigenvalue weighted by atomic mass is 19.1. The topological polar surface area (TPSA) is 65.4 Å². The van der Waals surface area contributed by atoms with Gasteiger partial charge in [0.05, 0.1) is 18.5 Å². The van der Waals surface area contributed by atoms with E-state index in [1.54, 1.807) is 29.1 Å². The van der Waals surface area contributed by atoms with Crippen LogP contribution in [0, 0.1) is 18.2 Å². The third kappa shape index (κ3) is 3.72. The second-order valence-corrected chi connectivity index (χ2v) is 6.77. The number of carbonyl (C=O) groups excluding carboxylic acids is 1. The number of fused-ring (bicyclic) bond motifs is 1. The van der Waals surface area contributed by atoms with Gasteiger partial charge in [0.25, 0.3) is 0 Å². The van der Waals surface area contributed by atoms with Crippen LogP contribution >= 0.6 is 0 Å². The molecule has 3 aromatic rings. The van der Waals surface area contributed by atoms with Crippen LogP contribution < -0.4 is 14.8 Å². The molecule has 1 N–H and O–H groups in total. The molecule has 30 heavy (non-hydrogen) atoms. The summed E-state index contributed by atoms with van der Waals surface area (Å²) in [5.41, 5.74) is 2.44. The summed E-state index contributed by atoms with van der Waals surface area (Å²) >= 11 is 0. The number of hydrogen-bond acceptors (Lipinski definition) is 4. The quantitative estimate of drug-likeness (QED) is 0.632. The van der Waals surface area contributed by atoms with Crippen LogP contribution in [-0.2, 0) is 4.79 Å². The SMILES string of the molecule is C#CCOc1ccc([C@H]2CC(=O)Nc3c2cnn3-c2ccc(F)cc2)cc1OCC. The number of nitrogens with one attached hydrogen (secondary N) is 1. The molecule has 0 fully saturated rings. The van der Waals surface area contributed by atoms with Crippen LogP contribution in [0.2, 0.25) is 0 Å². The number of hydrogen-bond donors (Lipinski definition) is 1. The molecule has 1 atom stereocenters. The lowest BCUT2D eigenvalue weighted by Gasteiger charge is -2.24. The summed E-state index contributed by atoms with van der Waals surface area (Å²) in [6, 6.07) is 11.5. The molecule has 0 saturated heterocycles.